The first-order valence-corrected chi connectivity index (χ1v) is 14.2. The van der Waals surface area contributed by atoms with E-state index in [-0.39, 0.29) is 29.3 Å². The van der Waals surface area contributed by atoms with Crippen molar-refractivity contribution in [2.75, 3.05) is 6.61 Å². The Morgan fingerprint density at radius 2 is 2.02 bits per heavy atom. The molecule has 1 aliphatic heterocycles. The van der Waals surface area contributed by atoms with Crippen LogP contribution in [0.2, 0.25) is 0 Å². The number of carbonyl (C=O) groups is 2. The first-order chi connectivity index (χ1) is 19.2. The van der Waals surface area contributed by atoms with E-state index in [0.717, 1.165) is 35.2 Å². The molecule has 4 fully saturated rings. The first-order valence-electron chi connectivity index (χ1n) is 14.2. The van der Waals surface area contributed by atoms with Gasteiger partial charge in [-0.2, -0.15) is 15.4 Å². The number of hydrogen-bond acceptors (Lipinski definition) is 8. The molecule has 0 bridgehead atoms. The summed E-state index contributed by atoms with van der Waals surface area (Å²) in [6, 6.07) is 7.86. The summed E-state index contributed by atoms with van der Waals surface area (Å²) in [7, 11) is 0. The van der Waals surface area contributed by atoms with Crippen LogP contribution in [0.15, 0.2) is 54.3 Å². The molecule has 9 heteroatoms. The predicted molar refractivity (Wildman–Crippen MR) is 143 cm³/mol. The smallest absolute Gasteiger partial charge is 0.193 e. The number of aliphatic hydroxyl groups excluding tert-OH is 2. The van der Waals surface area contributed by atoms with Crippen LogP contribution in [0.1, 0.15) is 62.6 Å². The number of rotatable bonds is 5. The third-order valence-electron chi connectivity index (χ3n) is 10.9. The Labute approximate surface area is 232 Å². The molecule has 3 saturated carbocycles. The van der Waals surface area contributed by atoms with Crippen molar-refractivity contribution < 1.29 is 29.3 Å². The average Bonchev–Trinajstić information content (AvgIpc) is 3.64. The third kappa shape index (κ3) is 3.47. The Kier molecular flexibility index (Phi) is 5.85. The number of ketones is 2. The van der Waals surface area contributed by atoms with Gasteiger partial charge in [-0.1, -0.05) is 49.8 Å². The molecule has 0 amide bonds. The molecule has 5 aliphatic rings. The molecule has 1 aromatic carbocycles. The Balaban J connectivity index is 1.20. The van der Waals surface area contributed by atoms with Gasteiger partial charge in [-0.15, -0.1) is 0 Å². The number of hydrogen-bond donors (Lipinski definition) is 3. The lowest BCUT2D eigenvalue weighted by atomic mass is 9.46. The number of nitrogens with one attached hydrogen (secondary N) is 1. The number of ether oxygens (including phenoxy) is 2. The number of Topliss-reactive ketones (excluding diaryl/α,β-unsaturated/α-hetero) is 1. The number of fused-ring (bicyclic) bond motifs is 7. The van der Waals surface area contributed by atoms with E-state index < -0.39 is 41.5 Å². The molecule has 210 valence electrons. The van der Waals surface area contributed by atoms with Crippen molar-refractivity contribution in [3.8, 4) is 0 Å². The van der Waals surface area contributed by atoms with Gasteiger partial charge in [-0.3, -0.25) is 9.59 Å². The molecular formula is C31H35N3O6. The number of benzene rings is 1. The van der Waals surface area contributed by atoms with E-state index >= 15 is 0 Å². The van der Waals surface area contributed by atoms with E-state index in [1.54, 1.807) is 18.3 Å². The molecule has 1 saturated heterocycles. The summed E-state index contributed by atoms with van der Waals surface area (Å²) in [5, 5.41) is 32.5. The van der Waals surface area contributed by atoms with Crippen LogP contribution in [0, 0.1) is 28.6 Å². The molecule has 0 unspecified atom stereocenters. The minimum Gasteiger partial charge on any atom is -0.393 e. The van der Waals surface area contributed by atoms with Crippen molar-refractivity contribution in [3.63, 3.8) is 0 Å². The molecule has 1 aromatic heterocycles. The molecule has 40 heavy (non-hydrogen) atoms. The normalized spacial score (nSPS) is 41.6. The molecule has 9 atom stereocenters. The molecule has 2 aromatic rings. The summed E-state index contributed by atoms with van der Waals surface area (Å²) in [5.41, 5.74) is 1.32. The van der Waals surface area contributed by atoms with Crippen LogP contribution in [0.25, 0.3) is 0 Å². The van der Waals surface area contributed by atoms with Gasteiger partial charge in [0.2, 0.25) is 0 Å². The van der Waals surface area contributed by atoms with Crippen LogP contribution >= 0.6 is 0 Å². The van der Waals surface area contributed by atoms with Crippen molar-refractivity contribution in [2.24, 2.45) is 28.6 Å². The summed E-state index contributed by atoms with van der Waals surface area (Å²) in [6.07, 6.45) is 8.29. The maximum atomic E-state index is 13.7. The fourth-order valence-corrected chi connectivity index (χ4v) is 9.15. The van der Waals surface area contributed by atoms with E-state index in [2.05, 4.69) is 22.3 Å². The minimum absolute atomic E-state index is 0.00276. The van der Waals surface area contributed by atoms with E-state index in [0.29, 0.717) is 19.3 Å². The van der Waals surface area contributed by atoms with Gasteiger partial charge in [0.05, 0.1) is 24.1 Å². The number of allylic oxidation sites excluding steroid dienone is 4. The predicted octanol–water partition coefficient (Wildman–Crippen LogP) is 3.00. The maximum absolute atomic E-state index is 13.7. The standard InChI is InChI=1S/C31H35N3O6/c1-29-10-9-21(36)12-19(29)7-8-22-23-13-26-31(25(38)16-35,30(23,2)14-24(37)27(22)29)40-28(39-26)18-5-3-17(4-6-18)11-20-15-32-34-33-20/h3-6,9-10,12,15,22-24,26-28,35,37H,7-8,11,13-14,16H2,1-2H3,(H,32,33,34)/t22-,23-,24-,26+,27+,28-,29-,30-,31+/m0/s1. The summed E-state index contributed by atoms with van der Waals surface area (Å²) in [5.74, 6) is -0.254. The number of aromatic amines is 1. The molecule has 0 spiro atoms. The van der Waals surface area contributed by atoms with E-state index in [1.807, 2.05) is 37.3 Å². The zero-order chi connectivity index (χ0) is 27.9. The Bertz CT molecular complexity index is 1400. The Morgan fingerprint density at radius 3 is 2.75 bits per heavy atom. The van der Waals surface area contributed by atoms with Gasteiger partial charge < -0.3 is 19.7 Å². The van der Waals surface area contributed by atoms with Gasteiger partial charge in [-0.05, 0) is 55.2 Å². The fourth-order valence-electron chi connectivity index (χ4n) is 9.15. The fraction of sp³-hybridized carbons (Fsp3) is 0.548. The average molecular weight is 546 g/mol. The van der Waals surface area contributed by atoms with Crippen LogP contribution in [-0.2, 0) is 25.5 Å². The zero-order valence-electron chi connectivity index (χ0n) is 22.7. The molecule has 0 radical (unpaired) electrons. The highest BCUT2D eigenvalue weighted by atomic mass is 16.7. The van der Waals surface area contributed by atoms with Crippen LogP contribution in [0.5, 0.6) is 0 Å². The van der Waals surface area contributed by atoms with Crippen molar-refractivity contribution in [3.05, 3.63) is 71.1 Å². The van der Waals surface area contributed by atoms with Gasteiger partial charge in [0.15, 0.2) is 23.5 Å². The lowest BCUT2D eigenvalue weighted by Gasteiger charge is -2.59. The van der Waals surface area contributed by atoms with Gasteiger partial charge in [0.25, 0.3) is 0 Å². The Morgan fingerprint density at radius 1 is 1.23 bits per heavy atom. The first kappa shape index (κ1) is 26.0. The number of H-pyrrole nitrogens is 1. The van der Waals surface area contributed by atoms with Gasteiger partial charge in [0, 0.05) is 28.7 Å². The summed E-state index contributed by atoms with van der Waals surface area (Å²) < 4.78 is 13.2. The number of carbonyl (C=O) groups excluding carboxylic acids is 2. The highest BCUT2D eigenvalue weighted by Crippen LogP contribution is 2.70. The maximum Gasteiger partial charge on any atom is 0.193 e. The van der Waals surface area contributed by atoms with Crippen LogP contribution < -0.4 is 0 Å². The number of aliphatic hydroxyl groups is 2. The highest BCUT2D eigenvalue weighted by Gasteiger charge is 2.75. The SMILES string of the molecule is C[C@]12C=CC(=O)C=C1CC[C@@H]1[C@@H]2[C@@H](O)C[C@@]2(C)[C@H]1C[C@H]1O[C@H](c3ccc(Cc4cn[nH]n4)cc3)O[C@]12C(=O)CO. The monoisotopic (exact) mass is 545 g/mol. The number of aromatic nitrogens is 3. The highest BCUT2D eigenvalue weighted by molar-refractivity contribution is 6.01. The lowest BCUT2D eigenvalue weighted by molar-refractivity contribution is -0.201. The molecular weight excluding hydrogens is 510 g/mol. The van der Waals surface area contributed by atoms with Gasteiger partial charge >= 0.3 is 0 Å². The minimum atomic E-state index is -1.35. The summed E-state index contributed by atoms with van der Waals surface area (Å²) in [6.45, 7) is 3.53. The van der Waals surface area contributed by atoms with Gasteiger partial charge in [-0.25, -0.2) is 0 Å². The molecule has 3 N–H and O–H groups in total. The quantitative estimate of drug-likeness (QED) is 0.522. The second kappa shape index (κ2) is 9.01. The third-order valence-corrected chi connectivity index (χ3v) is 10.9. The summed E-state index contributed by atoms with van der Waals surface area (Å²) >= 11 is 0. The van der Waals surface area contributed by atoms with Crippen molar-refractivity contribution in [1.29, 1.82) is 0 Å². The molecule has 2 heterocycles. The molecule has 4 aliphatic carbocycles. The second-order valence-corrected chi connectivity index (χ2v) is 12.7. The van der Waals surface area contributed by atoms with E-state index in [9.17, 15) is 19.8 Å². The second-order valence-electron chi connectivity index (χ2n) is 12.7. The van der Waals surface area contributed by atoms with E-state index in [1.165, 1.54) is 0 Å². The summed E-state index contributed by atoms with van der Waals surface area (Å²) in [4.78, 5) is 25.8. The van der Waals surface area contributed by atoms with Crippen molar-refractivity contribution >= 4 is 11.6 Å². The number of nitrogens with zero attached hydrogens (tertiary/aromatic N) is 2. The van der Waals surface area contributed by atoms with Crippen LogP contribution in [0.3, 0.4) is 0 Å². The van der Waals surface area contributed by atoms with Crippen LogP contribution in [0.4, 0.5) is 0 Å². The van der Waals surface area contributed by atoms with Crippen molar-refractivity contribution in [1.82, 2.24) is 15.4 Å². The van der Waals surface area contributed by atoms with Crippen molar-refractivity contribution in [2.45, 2.75) is 70.1 Å². The topological polar surface area (TPSA) is 135 Å². The lowest BCUT2D eigenvalue weighted by Crippen LogP contribution is -2.63. The largest absolute Gasteiger partial charge is 0.393 e. The van der Waals surface area contributed by atoms with E-state index in [4.69, 9.17) is 9.47 Å². The zero-order valence-corrected chi connectivity index (χ0v) is 22.7. The molecule has 7 rings (SSSR count). The molecule has 9 nitrogen and oxygen atoms in total. The van der Waals surface area contributed by atoms with Gasteiger partial charge in [0.1, 0.15) is 6.61 Å². The Hall–Kier alpha value is -2.98. The van der Waals surface area contributed by atoms with Crippen LogP contribution in [-0.4, -0.2) is 61.6 Å².